The summed E-state index contributed by atoms with van der Waals surface area (Å²) in [6.07, 6.45) is 2.64. The molecule has 4 nitrogen and oxygen atoms in total. The number of carbonyl (C=O) groups is 1. The molecule has 2 fully saturated rings. The van der Waals surface area contributed by atoms with Gasteiger partial charge in [-0.25, -0.2) is 0 Å². The normalized spacial score (nSPS) is 25.2. The molecule has 2 aliphatic heterocycles. The largest absolute Gasteiger partial charge is 0.373 e. The van der Waals surface area contributed by atoms with E-state index in [2.05, 4.69) is 24.1 Å². The van der Waals surface area contributed by atoms with Crippen molar-refractivity contribution >= 4 is 5.91 Å². The van der Waals surface area contributed by atoms with Crippen LogP contribution in [-0.4, -0.2) is 49.2 Å². The molecule has 0 aromatic heterocycles. The van der Waals surface area contributed by atoms with Crippen LogP contribution in [0.5, 0.6) is 0 Å². The number of amides is 1. The Bertz CT molecular complexity index is 512. The van der Waals surface area contributed by atoms with E-state index in [9.17, 15) is 4.79 Å². The van der Waals surface area contributed by atoms with Crippen molar-refractivity contribution in [3.63, 3.8) is 0 Å². The van der Waals surface area contributed by atoms with Crippen LogP contribution in [0.15, 0.2) is 24.3 Å². The van der Waals surface area contributed by atoms with Crippen molar-refractivity contribution in [3.05, 3.63) is 35.4 Å². The van der Waals surface area contributed by atoms with E-state index < -0.39 is 0 Å². The molecule has 1 N–H and O–H groups in total. The lowest BCUT2D eigenvalue weighted by atomic mass is 10.0. The molecule has 2 atom stereocenters. The number of hydrogen-bond acceptors (Lipinski definition) is 3. The van der Waals surface area contributed by atoms with E-state index in [0.717, 1.165) is 18.7 Å². The molecule has 2 aliphatic rings. The van der Waals surface area contributed by atoms with Crippen LogP contribution in [0.3, 0.4) is 0 Å². The Morgan fingerprint density at radius 3 is 2.86 bits per heavy atom. The monoisotopic (exact) mass is 302 g/mol. The maximum absolute atomic E-state index is 12.2. The van der Waals surface area contributed by atoms with Gasteiger partial charge in [-0.05, 0) is 43.0 Å². The molecule has 0 radical (unpaired) electrons. The number of carbonyl (C=O) groups excluding carboxylic acids is 1. The summed E-state index contributed by atoms with van der Waals surface area (Å²) in [7, 11) is 0. The first kappa shape index (κ1) is 15.5. The van der Waals surface area contributed by atoms with Gasteiger partial charge in [0, 0.05) is 24.7 Å². The van der Waals surface area contributed by atoms with Gasteiger partial charge in [-0.15, -0.1) is 0 Å². The zero-order valence-corrected chi connectivity index (χ0v) is 13.5. The molecule has 3 rings (SSSR count). The van der Waals surface area contributed by atoms with Gasteiger partial charge in [-0.2, -0.15) is 0 Å². The predicted molar refractivity (Wildman–Crippen MR) is 87.2 cm³/mol. The maximum atomic E-state index is 12.2. The standard InChI is InChI=1S/C18H26N2O2/c1-13(2)14-5-7-15(8-6-14)18(21)19-10-17-11-20-9-3-4-16(20)12-22-17/h5-8,13,16-17H,3-4,9-12H2,1-2H3,(H,19,21)/t16-,17+/m1/s1. The summed E-state index contributed by atoms with van der Waals surface area (Å²) in [5.74, 6) is 0.476. The average Bonchev–Trinajstić information content (AvgIpc) is 3.00. The van der Waals surface area contributed by atoms with Gasteiger partial charge in [0.1, 0.15) is 0 Å². The fourth-order valence-corrected chi connectivity index (χ4v) is 3.34. The van der Waals surface area contributed by atoms with Gasteiger partial charge in [-0.1, -0.05) is 26.0 Å². The Kier molecular flexibility index (Phi) is 4.79. The number of nitrogens with one attached hydrogen (secondary N) is 1. The van der Waals surface area contributed by atoms with E-state index in [4.69, 9.17) is 4.74 Å². The lowest BCUT2D eigenvalue weighted by Gasteiger charge is -2.35. The highest BCUT2D eigenvalue weighted by molar-refractivity contribution is 5.94. The molecule has 0 bridgehead atoms. The molecule has 1 aromatic rings. The average molecular weight is 302 g/mol. The molecule has 0 unspecified atom stereocenters. The second-order valence-electron chi connectivity index (χ2n) is 6.73. The van der Waals surface area contributed by atoms with Crippen LogP contribution in [-0.2, 0) is 4.74 Å². The molecule has 1 aromatic carbocycles. The van der Waals surface area contributed by atoms with Crippen LogP contribution in [0, 0.1) is 0 Å². The first-order valence-corrected chi connectivity index (χ1v) is 8.37. The first-order chi connectivity index (χ1) is 10.6. The van der Waals surface area contributed by atoms with Crippen molar-refractivity contribution in [2.24, 2.45) is 0 Å². The van der Waals surface area contributed by atoms with Crippen LogP contribution in [0.1, 0.15) is 48.5 Å². The van der Waals surface area contributed by atoms with Crippen molar-refractivity contribution in [3.8, 4) is 0 Å². The van der Waals surface area contributed by atoms with E-state index >= 15 is 0 Å². The molecular weight excluding hydrogens is 276 g/mol. The smallest absolute Gasteiger partial charge is 0.251 e. The van der Waals surface area contributed by atoms with E-state index in [1.165, 1.54) is 24.9 Å². The number of fused-ring (bicyclic) bond motifs is 1. The molecule has 2 heterocycles. The molecule has 4 heteroatoms. The van der Waals surface area contributed by atoms with Gasteiger partial charge in [0.2, 0.25) is 0 Å². The lowest BCUT2D eigenvalue weighted by molar-refractivity contribution is -0.0461. The molecule has 0 spiro atoms. The zero-order chi connectivity index (χ0) is 15.5. The van der Waals surface area contributed by atoms with Gasteiger partial charge < -0.3 is 10.1 Å². The van der Waals surface area contributed by atoms with E-state index in [1.807, 2.05) is 24.3 Å². The first-order valence-electron chi connectivity index (χ1n) is 8.37. The summed E-state index contributed by atoms with van der Waals surface area (Å²) in [6.45, 7) is 7.83. The van der Waals surface area contributed by atoms with Crippen molar-refractivity contribution in [1.82, 2.24) is 10.2 Å². The Balaban J connectivity index is 1.49. The SMILES string of the molecule is CC(C)c1ccc(C(=O)NC[C@H]2CN3CCC[C@@H]3CO2)cc1. The Hall–Kier alpha value is -1.39. The molecular formula is C18H26N2O2. The zero-order valence-electron chi connectivity index (χ0n) is 13.5. The minimum atomic E-state index is -0.0116. The molecule has 120 valence electrons. The van der Waals surface area contributed by atoms with Gasteiger partial charge in [0.25, 0.3) is 5.91 Å². The second kappa shape index (κ2) is 6.80. The maximum Gasteiger partial charge on any atom is 0.251 e. The molecule has 1 amide bonds. The fraction of sp³-hybridized carbons (Fsp3) is 0.611. The van der Waals surface area contributed by atoms with Crippen LogP contribution in [0.4, 0.5) is 0 Å². The number of ether oxygens (including phenoxy) is 1. The Morgan fingerprint density at radius 1 is 1.36 bits per heavy atom. The number of rotatable bonds is 4. The second-order valence-corrected chi connectivity index (χ2v) is 6.73. The number of benzene rings is 1. The van der Waals surface area contributed by atoms with Crippen molar-refractivity contribution < 1.29 is 9.53 Å². The minimum Gasteiger partial charge on any atom is -0.373 e. The van der Waals surface area contributed by atoms with Crippen molar-refractivity contribution in [2.45, 2.75) is 44.8 Å². The summed E-state index contributed by atoms with van der Waals surface area (Å²) in [5.41, 5.74) is 1.98. The number of morpholine rings is 1. The third-order valence-electron chi connectivity index (χ3n) is 4.79. The Morgan fingerprint density at radius 2 is 2.14 bits per heavy atom. The third-order valence-corrected chi connectivity index (χ3v) is 4.79. The van der Waals surface area contributed by atoms with Gasteiger partial charge in [-0.3, -0.25) is 9.69 Å². The van der Waals surface area contributed by atoms with E-state index in [0.29, 0.717) is 18.5 Å². The molecule has 0 aliphatic carbocycles. The summed E-state index contributed by atoms with van der Waals surface area (Å²) in [5, 5.41) is 3.01. The fourth-order valence-electron chi connectivity index (χ4n) is 3.34. The topological polar surface area (TPSA) is 41.6 Å². The number of hydrogen-bond donors (Lipinski definition) is 1. The summed E-state index contributed by atoms with van der Waals surface area (Å²) >= 11 is 0. The summed E-state index contributed by atoms with van der Waals surface area (Å²) in [6, 6.07) is 8.48. The minimum absolute atomic E-state index is 0.0116. The highest BCUT2D eigenvalue weighted by Crippen LogP contribution is 2.22. The van der Waals surface area contributed by atoms with Crippen molar-refractivity contribution in [1.29, 1.82) is 0 Å². The highest BCUT2D eigenvalue weighted by Gasteiger charge is 2.32. The number of nitrogens with zero attached hydrogens (tertiary/aromatic N) is 1. The third kappa shape index (κ3) is 3.50. The summed E-state index contributed by atoms with van der Waals surface area (Å²) < 4.78 is 5.87. The quantitative estimate of drug-likeness (QED) is 0.928. The van der Waals surface area contributed by atoms with Gasteiger partial charge in [0.05, 0.1) is 12.7 Å². The van der Waals surface area contributed by atoms with Gasteiger partial charge in [0.15, 0.2) is 0 Å². The highest BCUT2D eigenvalue weighted by atomic mass is 16.5. The van der Waals surface area contributed by atoms with Gasteiger partial charge >= 0.3 is 0 Å². The van der Waals surface area contributed by atoms with Crippen LogP contribution in [0.25, 0.3) is 0 Å². The van der Waals surface area contributed by atoms with Crippen molar-refractivity contribution in [2.75, 3.05) is 26.2 Å². The molecule has 0 saturated carbocycles. The predicted octanol–water partition coefficient (Wildman–Crippen LogP) is 2.40. The van der Waals surface area contributed by atoms with Crippen LogP contribution < -0.4 is 5.32 Å². The summed E-state index contributed by atoms with van der Waals surface area (Å²) in [4.78, 5) is 14.7. The van der Waals surface area contributed by atoms with Crippen LogP contribution >= 0.6 is 0 Å². The van der Waals surface area contributed by atoms with Crippen LogP contribution in [0.2, 0.25) is 0 Å². The van der Waals surface area contributed by atoms with E-state index in [1.54, 1.807) is 0 Å². The molecule has 22 heavy (non-hydrogen) atoms. The Labute approximate surface area is 132 Å². The lowest BCUT2D eigenvalue weighted by Crippen LogP contribution is -2.50. The van der Waals surface area contributed by atoms with E-state index in [-0.39, 0.29) is 12.0 Å². The molecule has 2 saturated heterocycles.